The van der Waals surface area contributed by atoms with Crippen LogP contribution < -0.4 is 10.2 Å². The zero-order chi connectivity index (χ0) is 21.8. The van der Waals surface area contributed by atoms with Gasteiger partial charge in [0.2, 0.25) is 0 Å². The second-order valence-corrected chi connectivity index (χ2v) is 8.15. The summed E-state index contributed by atoms with van der Waals surface area (Å²) in [6.07, 6.45) is 4.79. The van der Waals surface area contributed by atoms with Crippen molar-refractivity contribution in [2.24, 2.45) is 18.0 Å². The Hall–Kier alpha value is -2.68. The van der Waals surface area contributed by atoms with E-state index in [0.717, 1.165) is 56.4 Å². The van der Waals surface area contributed by atoms with Gasteiger partial charge in [0.15, 0.2) is 17.6 Å². The molecule has 0 amide bonds. The van der Waals surface area contributed by atoms with Gasteiger partial charge in [-0.2, -0.15) is 5.10 Å². The van der Waals surface area contributed by atoms with Gasteiger partial charge in [-0.25, -0.2) is 8.78 Å². The molecule has 1 aromatic carbocycles. The molecule has 2 fully saturated rings. The van der Waals surface area contributed by atoms with Crippen molar-refractivity contribution in [1.82, 2.24) is 20.0 Å². The predicted molar refractivity (Wildman–Crippen MR) is 116 cm³/mol. The minimum Gasteiger partial charge on any atom is -0.371 e. The van der Waals surface area contributed by atoms with E-state index in [1.54, 1.807) is 10.7 Å². The van der Waals surface area contributed by atoms with E-state index in [0.29, 0.717) is 19.1 Å². The fourth-order valence-corrected chi connectivity index (χ4v) is 4.19. The third-order valence-electron chi connectivity index (χ3n) is 5.85. The van der Waals surface area contributed by atoms with E-state index in [4.69, 9.17) is 9.73 Å². The normalized spacial score (nSPS) is 22.3. The molecule has 2 aliphatic rings. The number of anilines is 1. The van der Waals surface area contributed by atoms with E-state index in [-0.39, 0.29) is 6.10 Å². The highest BCUT2D eigenvalue weighted by molar-refractivity contribution is 5.80. The number of halogens is 2. The van der Waals surface area contributed by atoms with Gasteiger partial charge in [0, 0.05) is 63.3 Å². The van der Waals surface area contributed by atoms with E-state index >= 15 is 0 Å². The molecule has 1 N–H and O–H groups in total. The SMILES string of the molecule is CCNC(=NCC1CCN(c2ccc(F)c(F)c2)C1)N1CCOC(c2cnn(C)c2)C1. The molecular formula is C22H30F2N6O. The highest BCUT2D eigenvalue weighted by atomic mass is 19.2. The van der Waals surface area contributed by atoms with Gasteiger partial charge < -0.3 is 19.9 Å². The van der Waals surface area contributed by atoms with E-state index in [1.165, 1.54) is 12.1 Å². The van der Waals surface area contributed by atoms with Crippen molar-refractivity contribution < 1.29 is 13.5 Å². The number of aryl methyl sites for hydroxylation is 1. The highest BCUT2D eigenvalue weighted by Crippen LogP contribution is 2.26. The minimum atomic E-state index is -0.811. The second-order valence-electron chi connectivity index (χ2n) is 8.15. The van der Waals surface area contributed by atoms with Crippen LogP contribution in [-0.4, -0.2) is 66.5 Å². The standard InChI is InChI=1S/C22H30F2N6O/c1-3-25-22(30-8-9-31-21(15-30)17-12-27-28(2)14-17)26-11-16-6-7-29(13-16)18-4-5-19(23)20(24)10-18/h4-5,10,12,14,16,21H,3,6-9,11,13,15H2,1-2H3,(H,25,26). The summed E-state index contributed by atoms with van der Waals surface area (Å²) in [6.45, 7) is 7.30. The minimum absolute atomic E-state index is 0.0262. The van der Waals surface area contributed by atoms with Crippen LogP contribution in [0.15, 0.2) is 35.6 Å². The molecule has 168 valence electrons. The van der Waals surface area contributed by atoms with Crippen LogP contribution in [0.3, 0.4) is 0 Å². The Morgan fingerprint density at radius 1 is 1.26 bits per heavy atom. The van der Waals surface area contributed by atoms with Gasteiger partial charge in [0.05, 0.1) is 19.3 Å². The first kappa shape index (κ1) is 21.5. The van der Waals surface area contributed by atoms with Crippen LogP contribution in [0.1, 0.15) is 25.0 Å². The maximum Gasteiger partial charge on any atom is 0.194 e. The molecule has 3 heterocycles. The fourth-order valence-electron chi connectivity index (χ4n) is 4.19. The molecule has 0 aliphatic carbocycles. The molecule has 2 atom stereocenters. The molecule has 4 rings (SSSR count). The lowest BCUT2D eigenvalue weighted by molar-refractivity contribution is -0.00805. The largest absolute Gasteiger partial charge is 0.371 e. The Balaban J connectivity index is 1.38. The first-order valence-electron chi connectivity index (χ1n) is 10.9. The van der Waals surface area contributed by atoms with Crippen LogP contribution in [0.5, 0.6) is 0 Å². The van der Waals surface area contributed by atoms with Crippen molar-refractivity contribution in [1.29, 1.82) is 0 Å². The lowest BCUT2D eigenvalue weighted by Gasteiger charge is -2.35. The van der Waals surface area contributed by atoms with Crippen molar-refractivity contribution in [3.63, 3.8) is 0 Å². The summed E-state index contributed by atoms with van der Waals surface area (Å²) in [5, 5.41) is 7.66. The number of nitrogens with one attached hydrogen (secondary N) is 1. The third-order valence-corrected chi connectivity index (χ3v) is 5.85. The lowest BCUT2D eigenvalue weighted by Crippen LogP contribution is -2.48. The average Bonchev–Trinajstić information content (AvgIpc) is 3.42. The highest BCUT2D eigenvalue weighted by Gasteiger charge is 2.27. The topological polar surface area (TPSA) is 57.9 Å². The van der Waals surface area contributed by atoms with Crippen LogP contribution >= 0.6 is 0 Å². The van der Waals surface area contributed by atoms with Gasteiger partial charge in [-0.1, -0.05) is 0 Å². The van der Waals surface area contributed by atoms with Gasteiger partial charge in [-0.15, -0.1) is 0 Å². The van der Waals surface area contributed by atoms with Gasteiger partial charge >= 0.3 is 0 Å². The van der Waals surface area contributed by atoms with Crippen molar-refractivity contribution in [3.8, 4) is 0 Å². The number of nitrogens with zero attached hydrogens (tertiary/aromatic N) is 5. The molecule has 7 nitrogen and oxygen atoms in total. The molecule has 0 radical (unpaired) electrons. The zero-order valence-corrected chi connectivity index (χ0v) is 18.1. The Morgan fingerprint density at radius 3 is 2.87 bits per heavy atom. The number of rotatable bonds is 5. The summed E-state index contributed by atoms with van der Waals surface area (Å²) >= 11 is 0. The van der Waals surface area contributed by atoms with Crippen LogP contribution in [0, 0.1) is 17.6 Å². The van der Waals surface area contributed by atoms with E-state index in [2.05, 4.69) is 27.1 Å². The lowest BCUT2D eigenvalue weighted by atomic mass is 10.1. The molecule has 0 saturated carbocycles. The fraction of sp³-hybridized carbons (Fsp3) is 0.545. The number of aliphatic imine (C=N–C) groups is 1. The molecule has 2 saturated heterocycles. The Bertz CT molecular complexity index is 917. The van der Waals surface area contributed by atoms with Gasteiger partial charge in [0.25, 0.3) is 0 Å². The maximum absolute atomic E-state index is 13.6. The first-order chi connectivity index (χ1) is 15.0. The maximum atomic E-state index is 13.6. The van der Waals surface area contributed by atoms with Crippen molar-refractivity contribution >= 4 is 11.6 Å². The van der Waals surface area contributed by atoms with Crippen molar-refractivity contribution in [2.45, 2.75) is 19.4 Å². The molecular weight excluding hydrogens is 402 g/mol. The van der Waals surface area contributed by atoms with Crippen LogP contribution in [0.4, 0.5) is 14.5 Å². The number of ether oxygens (including phenoxy) is 1. The summed E-state index contributed by atoms with van der Waals surface area (Å²) < 4.78 is 34.5. The number of guanidine groups is 1. The smallest absolute Gasteiger partial charge is 0.194 e. The van der Waals surface area contributed by atoms with Gasteiger partial charge in [-0.05, 0) is 31.4 Å². The second kappa shape index (κ2) is 9.64. The van der Waals surface area contributed by atoms with Gasteiger partial charge in [-0.3, -0.25) is 9.67 Å². The Kier molecular flexibility index (Phi) is 6.70. The molecule has 9 heteroatoms. The number of aromatic nitrogens is 2. The molecule has 31 heavy (non-hydrogen) atoms. The van der Waals surface area contributed by atoms with E-state index < -0.39 is 11.6 Å². The molecule has 2 aromatic rings. The summed E-state index contributed by atoms with van der Waals surface area (Å²) in [6, 6.07) is 4.11. The van der Waals surface area contributed by atoms with Crippen molar-refractivity contribution in [2.75, 3.05) is 50.8 Å². The molecule has 2 aliphatic heterocycles. The average molecular weight is 433 g/mol. The number of hydrogen-bond donors (Lipinski definition) is 1. The van der Waals surface area contributed by atoms with Crippen LogP contribution in [-0.2, 0) is 11.8 Å². The van der Waals surface area contributed by atoms with Crippen LogP contribution in [0.2, 0.25) is 0 Å². The summed E-state index contributed by atoms with van der Waals surface area (Å²) in [5.41, 5.74) is 1.80. The van der Waals surface area contributed by atoms with Crippen molar-refractivity contribution in [3.05, 3.63) is 47.8 Å². The number of hydrogen-bond acceptors (Lipinski definition) is 4. The summed E-state index contributed by atoms with van der Waals surface area (Å²) in [7, 11) is 1.90. The van der Waals surface area contributed by atoms with Crippen LogP contribution in [0.25, 0.3) is 0 Å². The Morgan fingerprint density at radius 2 is 2.13 bits per heavy atom. The monoisotopic (exact) mass is 432 g/mol. The number of benzene rings is 1. The summed E-state index contributed by atoms with van der Waals surface area (Å²) in [4.78, 5) is 9.25. The molecule has 0 spiro atoms. The zero-order valence-electron chi connectivity index (χ0n) is 18.1. The Labute approximate surface area is 181 Å². The van der Waals surface area contributed by atoms with E-state index in [9.17, 15) is 8.78 Å². The molecule has 0 bridgehead atoms. The van der Waals surface area contributed by atoms with Gasteiger partial charge in [0.1, 0.15) is 6.10 Å². The molecule has 1 aromatic heterocycles. The summed E-state index contributed by atoms with van der Waals surface area (Å²) in [5.74, 6) is -0.346. The third kappa shape index (κ3) is 5.15. The first-order valence-corrected chi connectivity index (χ1v) is 10.9. The quantitative estimate of drug-likeness (QED) is 0.581. The number of morpholine rings is 1. The van der Waals surface area contributed by atoms with E-state index in [1.807, 2.05) is 19.4 Å². The predicted octanol–water partition coefficient (Wildman–Crippen LogP) is 2.56. The molecule has 2 unspecified atom stereocenters.